The Morgan fingerprint density at radius 2 is 2.06 bits per heavy atom. The number of amides is 1. The van der Waals surface area contributed by atoms with Crippen molar-refractivity contribution in [2.45, 2.75) is 13.3 Å². The van der Waals surface area contributed by atoms with Crippen molar-refractivity contribution in [3.05, 3.63) is 18.2 Å². The summed E-state index contributed by atoms with van der Waals surface area (Å²) in [5, 5.41) is 5.91. The average molecular weight is 252 g/mol. The Labute approximate surface area is 107 Å². The number of nitrogens with one attached hydrogen (secondary N) is 2. The number of carbonyl (C=O) groups excluding carboxylic acids is 1. The van der Waals surface area contributed by atoms with Crippen molar-refractivity contribution in [3.63, 3.8) is 0 Å². The summed E-state index contributed by atoms with van der Waals surface area (Å²) < 4.78 is 10.3. The highest BCUT2D eigenvalue weighted by atomic mass is 16.5. The molecule has 0 spiro atoms. The van der Waals surface area contributed by atoms with Crippen LogP contribution in [0.1, 0.15) is 13.3 Å². The molecule has 1 rings (SSSR count). The largest absolute Gasteiger partial charge is 0.497 e. The van der Waals surface area contributed by atoms with E-state index in [9.17, 15) is 4.79 Å². The molecule has 100 valence electrons. The van der Waals surface area contributed by atoms with E-state index in [0.29, 0.717) is 30.2 Å². The first-order chi connectivity index (χ1) is 8.71. The molecular weight excluding hydrogens is 232 g/mol. The van der Waals surface area contributed by atoms with Gasteiger partial charge in [-0.2, -0.15) is 0 Å². The Balaban J connectivity index is 2.63. The SMILES string of the molecule is CCNCCC(=O)Nc1ccc(OC)cc1OC. The minimum absolute atomic E-state index is 0.0422. The van der Waals surface area contributed by atoms with Gasteiger partial charge in [-0.25, -0.2) is 0 Å². The first kappa shape index (κ1) is 14.3. The van der Waals surface area contributed by atoms with Crippen LogP contribution in [0.2, 0.25) is 0 Å². The molecule has 0 saturated heterocycles. The van der Waals surface area contributed by atoms with Crippen LogP contribution in [0.4, 0.5) is 5.69 Å². The van der Waals surface area contributed by atoms with Crippen molar-refractivity contribution in [2.24, 2.45) is 0 Å². The van der Waals surface area contributed by atoms with Crippen LogP contribution in [-0.2, 0) is 4.79 Å². The van der Waals surface area contributed by atoms with E-state index in [1.807, 2.05) is 6.92 Å². The van der Waals surface area contributed by atoms with E-state index in [1.165, 1.54) is 0 Å². The number of carbonyl (C=O) groups is 1. The molecule has 2 N–H and O–H groups in total. The highest BCUT2D eigenvalue weighted by Crippen LogP contribution is 2.28. The molecule has 0 aromatic heterocycles. The minimum atomic E-state index is -0.0422. The fourth-order valence-electron chi connectivity index (χ4n) is 1.49. The number of rotatable bonds is 7. The van der Waals surface area contributed by atoms with E-state index >= 15 is 0 Å². The van der Waals surface area contributed by atoms with Gasteiger partial charge in [-0.3, -0.25) is 4.79 Å². The first-order valence-electron chi connectivity index (χ1n) is 5.93. The minimum Gasteiger partial charge on any atom is -0.497 e. The number of ether oxygens (including phenoxy) is 2. The summed E-state index contributed by atoms with van der Waals surface area (Å²) in [6, 6.07) is 5.28. The van der Waals surface area contributed by atoms with Gasteiger partial charge >= 0.3 is 0 Å². The third-order valence-electron chi connectivity index (χ3n) is 2.46. The fraction of sp³-hybridized carbons (Fsp3) is 0.462. The summed E-state index contributed by atoms with van der Waals surface area (Å²) >= 11 is 0. The number of benzene rings is 1. The number of anilines is 1. The van der Waals surface area contributed by atoms with Crippen molar-refractivity contribution in [3.8, 4) is 11.5 Å². The van der Waals surface area contributed by atoms with Gasteiger partial charge in [-0.15, -0.1) is 0 Å². The average Bonchev–Trinajstić information content (AvgIpc) is 2.39. The predicted molar refractivity (Wildman–Crippen MR) is 71.3 cm³/mol. The van der Waals surface area contributed by atoms with E-state index < -0.39 is 0 Å². The normalized spacial score (nSPS) is 9.94. The molecule has 0 atom stereocenters. The lowest BCUT2D eigenvalue weighted by molar-refractivity contribution is -0.116. The zero-order valence-corrected chi connectivity index (χ0v) is 11.1. The fourth-order valence-corrected chi connectivity index (χ4v) is 1.49. The highest BCUT2D eigenvalue weighted by Gasteiger charge is 2.08. The topological polar surface area (TPSA) is 59.6 Å². The molecule has 5 nitrogen and oxygen atoms in total. The van der Waals surface area contributed by atoms with Crippen molar-refractivity contribution >= 4 is 11.6 Å². The van der Waals surface area contributed by atoms with Crippen molar-refractivity contribution in [1.82, 2.24) is 5.32 Å². The lowest BCUT2D eigenvalue weighted by Crippen LogP contribution is -2.21. The maximum Gasteiger partial charge on any atom is 0.225 e. The summed E-state index contributed by atoms with van der Waals surface area (Å²) in [6.45, 7) is 3.53. The van der Waals surface area contributed by atoms with Crippen LogP contribution in [0, 0.1) is 0 Å². The van der Waals surface area contributed by atoms with E-state index in [2.05, 4.69) is 10.6 Å². The first-order valence-corrected chi connectivity index (χ1v) is 5.93. The van der Waals surface area contributed by atoms with Gasteiger partial charge in [0, 0.05) is 19.0 Å². The highest BCUT2D eigenvalue weighted by molar-refractivity contribution is 5.92. The summed E-state index contributed by atoms with van der Waals surface area (Å²) in [4.78, 5) is 11.7. The molecule has 5 heteroatoms. The van der Waals surface area contributed by atoms with Crippen molar-refractivity contribution in [2.75, 3.05) is 32.6 Å². The van der Waals surface area contributed by atoms with Gasteiger partial charge in [0.25, 0.3) is 0 Å². The Bertz CT molecular complexity index is 394. The zero-order chi connectivity index (χ0) is 13.4. The Morgan fingerprint density at radius 1 is 1.28 bits per heavy atom. The van der Waals surface area contributed by atoms with Crippen LogP contribution in [0.15, 0.2) is 18.2 Å². The molecule has 0 bridgehead atoms. The molecule has 1 aromatic carbocycles. The van der Waals surface area contributed by atoms with Crippen molar-refractivity contribution < 1.29 is 14.3 Å². The molecule has 0 radical (unpaired) electrons. The van der Waals surface area contributed by atoms with Crippen LogP contribution in [0.3, 0.4) is 0 Å². The van der Waals surface area contributed by atoms with Gasteiger partial charge in [0.05, 0.1) is 19.9 Å². The second kappa shape index (κ2) is 7.55. The molecule has 0 unspecified atom stereocenters. The van der Waals surface area contributed by atoms with Crippen LogP contribution in [0.25, 0.3) is 0 Å². The third-order valence-corrected chi connectivity index (χ3v) is 2.46. The van der Waals surface area contributed by atoms with E-state index in [-0.39, 0.29) is 5.91 Å². The lowest BCUT2D eigenvalue weighted by Gasteiger charge is -2.11. The van der Waals surface area contributed by atoms with E-state index in [1.54, 1.807) is 32.4 Å². The summed E-state index contributed by atoms with van der Waals surface area (Å²) in [7, 11) is 3.15. The van der Waals surface area contributed by atoms with Crippen LogP contribution in [-0.4, -0.2) is 33.2 Å². The number of hydrogen-bond donors (Lipinski definition) is 2. The zero-order valence-electron chi connectivity index (χ0n) is 11.1. The van der Waals surface area contributed by atoms with Gasteiger partial charge in [0.2, 0.25) is 5.91 Å². The van der Waals surface area contributed by atoms with Gasteiger partial charge in [0.15, 0.2) is 0 Å². The van der Waals surface area contributed by atoms with Crippen molar-refractivity contribution in [1.29, 1.82) is 0 Å². The quantitative estimate of drug-likeness (QED) is 0.724. The molecule has 18 heavy (non-hydrogen) atoms. The third kappa shape index (κ3) is 4.25. The Hall–Kier alpha value is -1.75. The monoisotopic (exact) mass is 252 g/mol. The molecule has 0 fully saturated rings. The van der Waals surface area contributed by atoms with Gasteiger partial charge < -0.3 is 20.1 Å². The lowest BCUT2D eigenvalue weighted by atomic mass is 10.2. The van der Waals surface area contributed by atoms with E-state index in [0.717, 1.165) is 6.54 Å². The van der Waals surface area contributed by atoms with Gasteiger partial charge in [0.1, 0.15) is 11.5 Å². The summed E-state index contributed by atoms with van der Waals surface area (Å²) in [5.41, 5.74) is 0.653. The molecule has 0 aliphatic rings. The summed E-state index contributed by atoms with van der Waals surface area (Å²) in [6.07, 6.45) is 0.434. The van der Waals surface area contributed by atoms with Crippen LogP contribution < -0.4 is 20.1 Å². The standard InChI is InChI=1S/C13H20N2O3/c1-4-14-8-7-13(16)15-11-6-5-10(17-2)9-12(11)18-3/h5-6,9,14H,4,7-8H2,1-3H3,(H,15,16). The number of hydrogen-bond acceptors (Lipinski definition) is 4. The van der Waals surface area contributed by atoms with Crippen LogP contribution in [0.5, 0.6) is 11.5 Å². The maximum atomic E-state index is 11.7. The number of methoxy groups -OCH3 is 2. The Morgan fingerprint density at radius 3 is 2.67 bits per heavy atom. The molecule has 0 aliphatic heterocycles. The molecule has 0 saturated carbocycles. The molecule has 1 amide bonds. The van der Waals surface area contributed by atoms with E-state index in [4.69, 9.17) is 9.47 Å². The second-order valence-electron chi connectivity index (χ2n) is 3.72. The smallest absolute Gasteiger partial charge is 0.225 e. The predicted octanol–water partition coefficient (Wildman–Crippen LogP) is 1.64. The molecular formula is C13H20N2O3. The molecule has 1 aromatic rings. The summed E-state index contributed by atoms with van der Waals surface area (Å²) in [5.74, 6) is 1.24. The van der Waals surface area contributed by atoms with Gasteiger partial charge in [-0.1, -0.05) is 6.92 Å². The second-order valence-corrected chi connectivity index (χ2v) is 3.72. The Kier molecular flexibility index (Phi) is 6.00. The molecule has 0 aliphatic carbocycles. The molecule has 0 heterocycles. The van der Waals surface area contributed by atoms with Gasteiger partial charge in [-0.05, 0) is 18.7 Å². The maximum absolute atomic E-state index is 11.7. The van der Waals surface area contributed by atoms with Crippen LogP contribution >= 0.6 is 0 Å².